The number of phenolic OH excluding ortho intramolecular Hbond substituents is 1. The smallest absolute Gasteiger partial charge is 0.245 e. The van der Waals surface area contributed by atoms with Crippen molar-refractivity contribution in [3.63, 3.8) is 0 Å². The van der Waals surface area contributed by atoms with E-state index in [9.17, 15) is 24.3 Å². The van der Waals surface area contributed by atoms with Crippen LogP contribution in [0, 0.1) is 13.8 Å². The second-order valence-electron chi connectivity index (χ2n) is 14.6. The minimum Gasteiger partial charge on any atom is -0.508 e. The molecule has 6 rings (SSSR count). The SMILES string of the molecule is CCC(=O)N(c1ccccc1)C1CCN(C(=O)[C@H](Cc2ccccc2)NC(=O)[C@H]2Cc3ccccc3CN2C(=O)[C@@H](N)Cc2c(C)cc(O)cc2C)CC1. The van der Waals surface area contributed by atoms with Crippen LogP contribution in [0.3, 0.4) is 0 Å². The average Bonchev–Trinajstić information content (AvgIpc) is 3.18. The van der Waals surface area contributed by atoms with Gasteiger partial charge in [0.25, 0.3) is 0 Å². The van der Waals surface area contributed by atoms with E-state index in [2.05, 4.69) is 5.32 Å². The van der Waals surface area contributed by atoms with Crippen molar-refractivity contribution in [2.45, 2.75) is 90.0 Å². The van der Waals surface area contributed by atoms with Crippen molar-refractivity contribution >= 4 is 29.3 Å². The van der Waals surface area contributed by atoms with Crippen molar-refractivity contribution in [3.05, 3.63) is 130 Å². The Hall–Kier alpha value is -5.48. The molecule has 54 heavy (non-hydrogen) atoms. The summed E-state index contributed by atoms with van der Waals surface area (Å²) < 4.78 is 0. The van der Waals surface area contributed by atoms with Crippen LogP contribution in [0.1, 0.15) is 59.6 Å². The molecule has 4 aromatic rings. The fourth-order valence-corrected chi connectivity index (χ4v) is 8.00. The summed E-state index contributed by atoms with van der Waals surface area (Å²) in [5.74, 6) is -0.754. The van der Waals surface area contributed by atoms with Crippen molar-refractivity contribution in [1.82, 2.24) is 15.1 Å². The summed E-state index contributed by atoms with van der Waals surface area (Å²) in [4.78, 5) is 61.4. The van der Waals surface area contributed by atoms with E-state index >= 15 is 0 Å². The van der Waals surface area contributed by atoms with E-state index in [4.69, 9.17) is 5.73 Å². The van der Waals surface area contributed by atoms with Gasteiger partial charge in [-0.1, -0.05) is 79.7 Å². The number of carbonyl (C=O) groups is 4. The van der Waals surface area contributed by atoms with Crippen LogP contribution >= 0.6 is 0 Å². The summed E-state index contributed by atoms with van der Waals surface area (Å²) in [6.45, 7) is 6.72. The van der Waals surface area contributed by atoms with Gasteiger partial charge in [-0.15, -0.1) is 0 Å². The second kappa shape index (κ2) is 17.1. The topological polar surface area (TPSA) is 136 Å². The van der Waals surface area contributed by atoms with Gasteiger partial charge in [-0.05, 0) is 90.8 Å². The molecular weight excluding hydrogens is 679 g/mol. The first-order chi connectivity index (χ1) is 26.0. The summed E-state index contributed by atoms with van der Waals surface area (Å²) in [5, 5.41) is 13.1. The fourth-order valence-electron chi connectivity index (χ4n) is 8.00. The first kappa shape index (κ1) is 38.3. The number of benzene rings is 4. The molecule has 3 atom stereocenters. The lowest BCUT2D eigenvalue weighted by Gasteiger charge is -2.40. The lowest BCUT2D eigenvalue weighted by atomic mass is 9.91. The lowest BCUT2D eigenvalue weighted by molar-refractivity contribution is -0.144. The van der Waals surface area contributed by atoms with E-state index in [0.29, 0.717) is 32.4 Å². The summed E-state index contributed by atoms with van der Waals surface area (Å²) in [5.41, 5.74) is 12.8. The molecule has 4 aromatic carbocycles. The molecule has 0 aromatic heterocycles. The van der Waals surface area contributed by atoms with E-state index in [1.165, 1.54) is 0 Å². The molecule has 0 unspecified atom stereocenters. The largest absolute Gasteiger partial charge is 0.508 e. The molecule has 1 fully saturated rings. The fraction of sp³-hybridized carbons (Fsp3) is 0.364. The van der Waals surface area contributed by atoms with Crippen molar-refractivity contribution in [3.8, 4) is 5.75 Å². The molecule has 282 valence electrons. The Kier molecular flexibility index (Phi) is 12.1. The van der Waals surface area contributed by atoms with Crippen molar-refractivity contribution in [2.75, 3.05) is 18.0 Å². The van der Waals surface area contributed by atoms with Crippen LogP contribution in [-0.4, -0.2) is 75.8 Å². The maximum atomic E-state index is 14.5. The Morgan fingerprint density at radius 1 is 0.833 bits per heavy atom. The second-order valence-corrected chi connectivity index (χ2v) is 14.6. The van der Waals surface area contributed by atoms with Gasteiger partial charge in [-0.25, -0.2) is 0 Å². The van der Waals surface area contributed by atoms with E-state index < -0.39 is 24.0 Å². The molecule has 0 radical (unpaired) electrons. The number of nitrogens with one attached hydrogen (secondary N) is 1. The van der Waals surface area contributed by atoms with Crippen molar-refractivity contribution < 1.29 is 24.3 Å². The van der Waals surface area contributed by atoms with Gasteiger partial charge in [0, 0.05) is 50.6 Å². The van der Waals surface area contributed by atoms with Gasteiger partial charge in [0.05, 0.1) is 6.04 Å². The van der Waals surface area contributed by atoms with Gasteiger partial charge in [-0.2, -0.15) is 0 Å². The Bertz CT molecular complexity index is 1940. The summed E-state index contributed by atoms with van der Waals surface area (Å²) in [6.07, 6.45) is 2.42. The van der Waals surface area contributed by atoms with E-state index in [-0.39, 0.29) is 55.3 Å². The quantitative estimate of drug-likeness (QED) is 0.199. The molecule has 2 heterocycles. The molecule has 4 amide bonds. The number of phenols is 1. The first-order valence-electron chi connectivity index (χ1n) is 19.0. The predicted molar refractivity (Wildman–Crippen MR) is 210 cm³/mol. The number of likely N-dealkylation sites (tertiary alicyclic amines) is 1. The summed E-state index contributed by atoms with van der Waals surface area (Å²) in [7, 11) is 0. The number of nitrogens with zero attached hydrogens (tertiary/aromatic N) is 3. The number of fused-ring (bicyclic) bond motifs is 1. The highest BCUT2D eigenvalue weighted by molar-refractivity contribution is 5.95. The Balaban J connectivity index is 1.22. The minimum atomic E-state index is -0.925. The van der Waals surface area contributed by atoms with Gasteiger partial charge in [0.1, 0.15) is 17.8 Å². The molecular formula is C44H51N5O5. The third-order valence-corrected chi connectivity index (χ3v) is 10.9. The molecule has 10 nitrogen and oxygen atoms in total. The van der Waals surface area contributed by atoms with Crippen LogP contribution < -0.4 is 16.0 Å². The lowest BCUT2D eigenvalue weighted by Crippen LogP contribution is -2.60. The number of hydrogen-bond donors (Lipinski definition) is 3. The number of aromatic hydroxyl groups is 1. The number of amides is 4. The van der Waals surface area contributed by atoms with Crippen LogP contribution in [0.25, 0.3) is 0 Å². The number of rotatable bonds is 11. The van der Waals surface area contributed by atoms with E-state index in [1.807, 2.05) is 111 Å². The summed E-state index contributed by atoms with van der Waals surface area (Å²) in [6, 6.07) is 27.6. The van der Waals surface area contributed by atoms with Crippen LogP contribution in [0.2, 0.25) is 0 Å². The number of hydrogen-bond acceptors (Lipinski definition) is 6. The van der Waals surface area contributed by atoms with Crippen molar-refractivity contribution in [1.29, 1.82) is 0 Å². The predicted octanol–water partition coefficient (Wildman–Crippen LogP) is 4.99. The zero-order valence-corrected chi connectivity index (χ0v) is 31.4. The Morgan fingerprint density at radius 3 is 2.06 bits per heavy atom. The third kappa shape index (κ3) is 8.66. The normalized spacial score (nSPS) is 16.9. The number of para-hydroxylation sites is 1. The van der Waals surface area contributed by atoms with Gasteiger partial charge in [0.15, 0.2) is 0 Å². The highest BCUT2D eigenvalue weighted by Gasteiger charge is 2.39. The molecule has 2 aliphatic rings. The molecule has 10 heteroatoms. The zero-order chi connectivity index (χ0) is 38.4. The van der Waals surface area contributed by atoms with Crippen molar-refractivity contribution in [2.24, 2.45) is 5.73 Å². The van der Waals surface area contributed by atoms with Crippen LogP contribution in [0.15, 0.2) is 97.1 Å². The van der Waals surface area contributed by atoms with Gasteiger partial charge >= 0.3 is 0 Å². The highest BCUT2D eigenvalue weighted by atomic mass is 16.3. The van der Waals surface area contributed by atoms with E-state index in [1.54, 1.807) is 21.9 Å². The van der Waals surface area contributed by atoms with E-state index in [0.717, 1.165) is 39.1 Å². The third-order valence-electron chi connectivity index (χ3n) is 10.9. The maximum Gasteiger partial charge on any atom is 0.245 e. The molecule has 0 aliphatic carbocycles. The van der Waals surface area contributed by atoms with Gasteiger partial charge < -0.3 is 30.9 Å². The molecule has 2 aliphatic heterocycles. The Labute approximate surface area is 317 Å². The van der Waals surface area contributed by atoms with Crippen LogP contribution in [0.4, 0.5) is 5.69 Å². The molecule has 0 bridgehead atoms. The maximum absolute atomic E-state index is 14.5. The molecule has 1 saturated heterocycles. The molecule has 0 spiro atoms. The molecule has 0 saturated carbocycles. The first-order valence-corrected chi connectivity index (χ1v) is 19.0. The minimum absolute atomic E-state index is 0.0430. The summed E-state index contributed by atoms with van der Waals surface area (Å²) >= 11 is 0. The number of nitrogens with two attached hydrogens (primary N) is 1. The van der Waals surface area contributed by atoms with Gasteiger partial charge in [-0.3, -0.25) is 19.2 Å². The van der Waals surface area contributed by atoms with Crippen LogP contribution in [0.5, 0.6) is 5.75 Å². The number of piperidine rings is 1. The monoisotopic (exact) mass is 729 g/mol. The standard InChI is InChI=1S/C44H51N5O5/c1-4-41(51)49(34-17-9-6-10-18-34)35-19-21-47(22-20-35)44(54)39(25-31-13-7-5-8-14-31)46-42(52)40-26-32-15-11-12-16-33(32)28-48(40)43(53)38(45)27-37-29(2)23-36(50)24-30(37)3/h5-18,23-24,35,38-40,50H,4,19-22,25-28,45H2,1-3H3,(H,46,52)/t38-,39-,40+/m0/s1. The van der Waals surface area contributed by atoms with Crippen LogP contribution in [-0.2, 0) is 45.0 Å². The molecule has 4 N–H and O–H groups in total. The van der Waals surface area contributed by atoms with Gasteiger partial charge in [0.2, 0.25) is 23.6 Å². The number of anilines is 1. The number of carbonyl (C=O) groups excluding carboxylic acids is 4. The highest BCUT2D eigenvalue weighted by Crippen LogP contribution is 2.28. The zero-order valence-electron chi connectivity index (χ0n) is 31.4. The average molecular weight is 730 g/mol. The number of aryl methyl sites for hydroxylation is 2. The Morgan fingerprint density at radius 2 is 1.43 bits per heavy atom.